The van der Waals surface area contributed by atoms with Gasteiger partial charge in [-0.05, 0) is 0 Å². The second-order valence-corrected chi connectivity index (χ2v) is 4.09. The van der Waals surface area contributed by atoms with Crippen LogP contribution in [0.3, 0.4) is 0 Å². The van der Waals surface area contributed by atoms with E-state index in [0.717, 1.165) is 10.8 Å². The molecule has 0 saturated carbocycles. The predicted octanol–water partition coefficient (Wildman–Crippen LogP) is -0.177. The van der Waals surface area contributed by atoms with Crippen molar-refractivity contribution in [2.45, 2.75) is 0 Å². The zero-order valence-electron chi connectivity index (χ0n) is 8.77. The third-order valence-corrected chi connectivity index (χ3v) is 2.57. The number of hydrogen-bond acceptors (Lipinski definition) is 3. The summed E-state index contributed by atoms with van der Waals surface area (Å²) in [6.07, 6.45) is 1.67. The molecule has 0 fully saturated rings. The topological polar surface area (TPSA) is 60.9 Å². The maximum atomic E-state index is 11.4. The van der Waals surface area contributed by atoms with Crippen molar-refractivity contribution in [3.05, 3.63) is 40.8 Å². The number of nitrogens with zero attached hydrogens (tertiary/aromatic N) is 2. The van der Waals surface area contributed by atoms with Crippen LogP contribution in [0.15, 0.2) is 35.3 Å². The van der Waals surface area contributed by atoms with Crippen LogP contribution in [0, 0.1) is 0 Å². The molecule has 0 bridgehead atoms. The van der Waals surface area contributed by atoms with Gasteiger partial charge in [-0.2, -0.15) is 0 Å². The van der Waals surface area contributed by atoms with E-state index < -0.39 is 0 Å². The van der Waals surface area contributed by atoms with Crippen molar-refractivity contribution in [1.82, 2.24) is 9.55 Å². The van der Waals surface area contributed by atoms with Gasteiger partial charge in [0.1, 0.15) is 0 Å². The normalized spacial score (nSPS) is 10.4. The number of aryl methyl sites for hydroxylation is 1. The summed E-state index contributed by atoms with van der Waals surface area (Å²) in [5.41, 5.74) is 6.85. The van der Waals surface area contributed by atoms with Crippen LogP contribution in [0.2, 0.25) is 0 Å². The lowest BCUT2D eigenvalue weighted by Crippen LogP contribution is -2.21. The van der Waals surface area contributed by atoms with Gasteiger partial charge in [-0.1, -0.05) is 29.5 Å². The van der Waals surface area contributed by atoms with Gasteiger partial charge in [0.05, 0.1) is 15.9 Å². The summed E-state index contributed by atoms with van der Waals surface area (Å²) in [6.45, 7) is 0. The Hall–Kier alpha value is -1.88. The lowest BCUT2D eigenvalue weighted by Gasteiger charge is -2.05. The molecule has 0 aliphatic rings. The van der Waals surface area contributed by atoms with Crippen LogP contribution in [0.4, 0.5) is 5.82 Å². The molecule has 0 atom stereocenters. The van der Waals surface area contributed by atoms with E-state index in [1.165, 1.54) is 4.57 Å². The lowest BCUT2D eigenvalue weighted by atomic mass is 10.1. The maximum Gasteiger partial charge on any atom is 0.292 e. The second kappa shape index (κ2) is 3.94. The van der Waals surface area contributed by atoms with Gasteiger partial charge in [0.25, 0.3) is 5.56 Å². The first-order valence-corrected chi connectivity index (χ1v) is 5.23. The number of anilines is 1. The standard InChI is InChI=1S/C11H10N3OSi/c1-14-6-9(13-10(12)11(14)15)7-3-2-4-8(16)5-7/h2-6H,1H3,(H2,12,13). The van der Waals surface area contributed by atoms with Crippen molar-refractivity contribution < 1.29 is 0 Å². The van der Waals surface area contributed by atoms with E-state index in [1.54, 1.807) is 13.2 Å². The molecule has 79 valence electrons. The van der Waals surface area contributed by atoms with Gasteiger partial charge in [0, 0.05) is 18.8 Å². The summed E-state index contributed by atoms with van der Waals surface area (Å²) < 4.78 is 1.43. The van der Waals surface area contributed by atoms with Gasteiger partial charge in [0.15, 0.2) is 5.82 Å². The molecule has 2 N–H and O–H groups in total. The third kappa shape index (κ3) is 1.89. The Morgan fingerprint density at radius 3 is 2.81 bits per heavy atom. The van der Waals surface area contributed by atoms with Gasteiger partial charge in [-0.15, -0.1) is 0 Å². The maximum absolute atomic E-state index is 11.4. The highest BCUT2D eigenvalue weighted by molar-refractivity contribution is 6.32. The number of rotatable bonds is 1. The van der Waals surface area contributed by atoms with Gasteiger partial charge in [-0.3, -0.25) is 4.79 Å². The first kappa shape index (κ1) is 10.6. The Balaban J connectivity index is 2.61. The smallest absolute Gasteiger partial charge is 0.292 e. The van der Waals surface area contributed by atoms with Crippen LogP contribution in [0.5, 0.6) is 0 Å². The quantitative estimate of drug-likeness (QED) is 0.689. The summed E-state index contributed by atoms with van der Waals surface area (Å²) in [4.78, 5) is 15.5. The molecule has 0 spiro atoms. The molecule has 3 radical (unpaired) electrons. The number of aromatic nitrogens is 2. The van der Waals surface area contributed by atoms with Gasteiger partial charge in [0.2, 0.25) is 0 Å². The van der Waals surface area contributed by atoms with E-state index in [0.29, 0.717) is 5.69 Å². The number of hydrogen-bond donors (Lipinski definition) is 1. The van der Waals surface area contributed by atoms with Crippen molar-refractivity contribution in [3.63, 3.8) is 0 Å². The zero-order valence-corrected chi connectivity index (χ0v) is 9.77. The fourth-order valence-corrected chi connectivity index (χ4v) is 1.70. The fraction of sp³-hybridized carbons (Fsp3) is 0.0909. The van der Waals surface area contributed by atoms with E-state index in [2.05, 4.69) is 15.2 Å². The molecule has 4 nitrogen and oxygen atoms in total. The molecule has 0 aliphatic carbocycles. The number of benzene rings is 1. The molecule has 2 rings (SSSR count). The molecule has 0 saturated heterocycles. The van der Waals surface area contributed by atoms with Gasteiger partial charge in [-0.25, -0.2) is 4.98 Å². The average molecular weight is 228 g/mol. The molecule has 5 heteroatoms. The van der Waals surface area contributed by atoms with Gasteiger partial charge >= 0.3 is 0 Å². The molecule has 1 heterocycles. The van der Waals surface area contributed by atoms with E-state index in [1.807, 2.05) is 24.3 Å². The molecule has 0 amide bonds. The SMILES string of the molecule is Cn1cc(-c2cccc([Si])c2)nc(N)c1=O. The Morgan fingerprint density at radius 1 is 1.44 bits per heavy atom. The van der Waals surface area contributed by atoms with Crippen molar-refractivity contribution >= 4 is 21.2 Å². The minimum Gasteiger partial charge on any atom is -0.379 e. The highest BCUT2D eigenvalue weighted by atomic mass is 28.1. The molecule has 0 unspecified atom stereocenters. The van der Waals surface area contributed by atoms with Crippen LogP contribution in [0.1, 0.15) is 0 Å². The fourth-order valence-electron chi connectivity index (χ4n) is 1.45. The van der Waals surface area contributed by atoms with E-state index in [9.17, 15) is 4.79 Å². The Morgan fingerprint density at radius 2 is 2.19 bits per heavy atom. The highest BCUT2D eigenvalue weighted by Crippen LogP contribution is 2.14. The van der Waals surface area contributed by atoms with E-state index >= 15 is 0 Å². The molecule has 0 aliphatic heterocycles. The Kier molecular flexibility index (Phi) is 2.62. The summed E-state index contributed by atoms with van der Waals surface area (Å²) in [6, 6.07) is 7.66. The zero-order chi connectivity index (χ0) is 11.7. The molecule has 1 aromatic carbocycles. The first-order valence-electron chi connectivity index (χ1n) is 4.73. The summed E-state index contributed by atoms with van der Waals surface area (Å²) >= 11 is 0. The monoisotopic (exact) mass is 228 g/mol. The molecule has 16 heavy (non-hydrogen) atoms. The predicted molar refractivity (Wildman–Crippen MR) is 64.7 cm³/mol. The Bertz CT molecular complexity index is 566. The Labute approximate surface area is 96.2 Å². The van der Waals surface area contributed by atoms with Crippen molar-refractivity contribution in [1.29, 1.82) is 0 Å². The molecular weight excluding hydrogens is 218 g/mol. The summed E-state index contributed by atoms with van der Waals surface area (Å²) in [7, 11) is 5.09. The average Bonchev–Trinajstić information content (AvgIpc) is 2.25. The van der Waals surface area contributed by atoms with Crippen molar-refractivity contribution in [2.24, 2.45) is 7.05 Å². The minimum absolute atomic E-state index is 0.0133. The van der Waals surface area contributed by atoms with Crippen LogP contribution in [-0.2, 0) is 7.05 Å². The highest BCUT2D eigenvalue weighted by Gasteiger charge is 2.05. The first-order chi connectivity index (χ1) is 7.58. The molecule has 2 aromatic rings. The lowest BCUT2D eigenvalue weighted by molar-refractivity contribution is 0.850. The van der Waals surface area contributed by atoms with E-state index in [-0.39, 0.29) is 11.4 Å². The van der Waals surface area contributed by atoms with Crippen LogP contribution >= 0.6 is 0 Å². The van der Waals surface area contributed by atoms with Crippen LogP contribution in [0.25, 0.3) is 11.3 Å². The second-order valence-electron chi connectivity index (χ2n) is 3.51. The third-order valence-electron chi connectivity index (χ3n) is 2.25. The molecule has 1 aromatic heterocycles. The van der Waals surface area contributed by atoms with Crippen molar-refractivity contribution in [2.75, 3.05) is 5.73 Å². The van der Waals surface area contributed by atoms with Crippen LogP contribution in [-0.4, -0.2) is 19.8 Å². The van der Waals surface area contributed by atoms with Crippen LogP contribution < -0.4 is 16.5 Å². The van der Waals surface area contributed by atoms with Gasteiger partial charge < -0.3 is 10.3 Å². The minimum atomic E-state index is -0.279. The number of nitrogens with two attached hydrogens (primary N) is 1. The summed E-state index contributed by atoms with van der Waals surface area (Å²) in [5, 5.41) is 0.951. The van der Waals surface area contributed by atoms with Crippen molar-refractivity contribution in [3.8, 4) is 11.3 Å². The summed E-state index contributed by atoms with van der Waals surface area (Å²) in [5.74, 6) is 0.0133. The molecular formula is C11H10N3OSi. The van der Waals surface area contributed by atoms with E-state index in [4.69, 9.17) is 5.73 Å². The number of nitrogen functional groups attached to an aromatic ring is 1. The largest absolute Gasteiger partial charge is 0.379 e.